The molecule has 1 aromatic rings. The van der Waals surface area contributed by atoms with Crippen molar-refractivity contribution < 1.29 is 9.72 Å². The molecule has 0 radical (unpaired) electrons. The molecule has 1 heterocycles. The summed E-state index contributed by atoms with van der Waals surface area (Å²) in [5.41, 5.74) is 0.628. The summed E-state index contributed by atoms with van der Waals surface area (Å²) >= 11 is 5.93. The third-order valence-electron chi connectivity index (χ3n) is 2.88. The molecule has 0 saturated heterocycles. The summed E-state index contributed by atoms with van der Waals surface area (Å²) in [5, 5.41) is 10.7. The first-order valence-corrected chi connectivity index (χ1v) is 5.44. The van der Waals surface area contributed by atoms with Crippen molar-refractivity contribution in [2.45, 2.75) is 20.3 Å². The second-order valence-electron chi connectivity index (χ2n) is 4.72. The highest BCUT2D eigenvalue weighted by Gasteiger charge is 2.39. The summed E-state index contributed by atoms with van der Waals surface area (Å²) in [6, 6.07) is 4.33. The molecule has 0 saturated carbocycles. The molecule has 1 aliphatic heterocycles. The van der Waals surface area contributed by atoms with Crippen LogP contribution < -0.4 is 4.42 Å². The Morgan fingerprint density at radius 2 is 2.12 bits per heavy atom. The fourth-order valence-electron chi connectivity index (χ4n) is 1.95. The van der Waals surface area contributed by atoms with Crippen LogP contribution in [0.4, 0.5) is 11.4 Å². The zero-order chi connectivity index (χ0) is 12.8. The zero-order valence-corrected chi connectivity index (χ0v) is 10.2. The molecule has 0 aliphatic carbocycles. The van der Waals surface area contributed by atoms with E-state index >= 15 is 0 Å². The van der Waals surface area contributed by atoms with E-state index in [4.69, 9.17) is 11.8 Å². The van der Waals surface area contributed by atoms with Gasteiger partial charge < -0.3 is 0 Å². The van der Waals surface area contributed by atoms with Gasteiger partial charge in [-0.2, -0.15) is 0 Å². The topological polar surface area (TPSA) is 63.5 Å². The van der Waals surface area contributed by atoms with E-state index in [9.17, 15) is 14.9 Å². The van der Waals surface area contributed by atoms with Crippen LogP contribution in [-0.2, 0) is 11.2 Å². The van der Waals surface area contributed by atoms with E-state index in [1.165, 1.54) is 18.2 Å². The van der Waals surface area contributed by atoms with Crippen molar-refractivity contribution in [3.8, 4) is 0 Å². The first-order chi connectivity index (χ1) is 7.83. The molecule has 0 atom stereocenters. The predicted molar refractivity (Wildman–Crippen MR) is 63.9 cm³/mol. The summed E-state index contributed by atoms with van der Waals surface area (Å²) in [7, 11) is 0. The number of nitro groups is 1. The van der Waals surface area contributed by atoms with Gasteiger partial charge in [-0.25, -0.2) is 4.42 Å². The maximum absolute atomic E-state index is 11.9. The van der Waals surface area contributed by atoms with Crippen LogP contribution in [-0.4, -0.2) is 10.8 Å². The molecule has 1 amide bonds. The molecule has 17 heavy (non-hydrogen) atoms. The van der Waals surface area contributed by atoms with Crippen LogP contribution in [0.2, 0.25) is 0 Å². The lowest BCUT2D eigenvalue weighted by Crippen LogP contribution is -2.41. The largest absolute Gasteiger partial charge is 0.273 e. The van der Waals surface area contributed by atoms with E-state index in [1.54, 1.807) is 13.8 Å². The number of amides is 1. The second kappa shape index (κ2) is 3.70. The number of nitrogens with zero attached hydrogens (tertiary/aromatic N) is 2. The van der Waals surface area contributed by atoms with Crippen molar-refractivity contribution >= 4 is 29.1 Å². The van der Waals surface area contributed by atoms with Gasteiger partial charge in [-0.3, -0.25) is 14.9 Å². The number of halogens is 1. The van der Waals surface area contributed by atoms with E-state index in [1.807, 2.05) is 0 Å². The quantitative estimate of drug-likeness (QED) is 0.440. The molecule has 5 nitrogen and oxygen atoms in total. The highest BCUT2D eigenvalue weighted by atomic mass is 35.5. The Labute approximate surface area is 103 Å². The van der Waals surface area contributed by atoms with Gasteiger partial charge in [0.2, 0.25) is 5.91 Å². The van der Waals surface area contributed by atoms with E-state index in [-0.39, 0.29) is 11.6 Å². The maximum Gasteiger partial charge on any atom is 0.269 e. The van der Waals surface area contributed by atoms with Gasteiger partial charge in [-0.05, 0) is 18.1 Å². The zero-order valence-electron chi connectivity index (χ0n) is 9.44. The smallest absolute Gasteiger partial charge is 0.269 e. The van der Waals surface area contributed by atoms with Crippen LogP contribution in [0.5, 0.6) is 0 Å². The molecule has 2 rings (SSSR count). The molecular formula is C11H11ClN2O3. The number of carbonyl (C=O) groups excluding carboxylic acids is 1. The summed E-state index contributed by atoms with van der Waals surface area (Å²) in [6.45, 7) is 3.54. The van der Waals surface area contributed by atoms with Crippen molar-refractivity contribution in [1.82, 2.24) is 0 Å². The van der Waals surface area contributed by atoms with E-state index < -0.39 is 10.3 Å². The number of carbonyl (C=O) groups is 1. The Bertz CT molecular complexity index is 513. The van der Waals surface area contributed by atoms with Crippen LogP contribution in [0.25, 0.3) is 0 Å². The lowest BCUT2D eigenvalue weighted by atomic mass is 9.81. The molecule has 1 aromatic carbocycles. The maximum atomic E-state index is 11.9. The predicted octanol–water partition coefficient (Wildman–Crippen LogP) is 2.66. The van der Waals surface area contributed by atoms with Gasteiger partial charge in [0.15, 0.2) is 0 Å². The molecule has 0 fully saturated rings. The lowest BCUT2D eigenvalue weighted by molar-refractivity contribution is -0.384. The van der Waals surface area contributed by atoms with E-state index in [0.29, 0.717) is 12.1 Å². The van der Waals surface area contributed by atoms with Crippen LogP contribution in [0.3, 0.4) is 0 Å². The summed E-state index contributed by atoms with van der Waals surface area (Å²) < 4.78 is 1.04. The van der Waals surface area contributed by atoms with Crippen LogP contribution in [0.1, 0.15) is 19.4 Å². The molecule has 90 valence electrons. The Kier molecular flexibility index (Phi) is 2.58. The van der Waals surface area contributed by atoms with Crippen molar-refractivity contribution in [3.63, 3.8) is 0 Å². The number of hydrogen-bond donors (Lipinski definition) is 0. The fraction of sp³-hybridized carbons (Fsp3) is 0.364. The van der Waals surface area contributed by atoms with Gasteiger partial charge in [0.05, 0.1) is 10.6 Å². The van der Waals surface area contributed by atoms with E-state index in [2.05, 4.69) is 0 Å². The fourth-order valence-corrected chi connectivity index (χ4v) is 2.34. The van der Waals surface area contributed by atoms with Crippen LogP contribution in [0.15, 0.2) is 18.2 Å². The van der Waals surface area contributed by atoms with Gasteiger partial charge in [-0.1, -0.05) is 13.8 Å². The summed E-state index contributed by atoms with van der Waals surface area (Å²) in [4.78, 5) is 22.1. The normalized spacial score (nSPS) is 17.8. The van der Waals surface area contributed by atoms with Crippen LogP contribution in [0, 0.1) is 15.5 Å². The third-order valence-corrected chi connectivity index (χ3v) is 3.21. The molecule has 0 N–H and O–H groups in total. The number of anilines is 1. The molecular weight excluding hydrogens is 244 g/mol. The second-order valence-corrected chi connectivity index (χ2v) is 5.05. The minimum Gasteiger partial charge on any atom is -0.273 e. The van der Waals surface area contributed by atoms with E-state index in [0.717, 1.165) is 9.98 Å². The summed E-state index contributed by atoms with van der Waals surface area (Å²) in [5.74, 6) is -0.194. The SMILES string of the molecule is CC1(C)Cc2cc([N+](=O)[O-])ccc2N(Cl)C1=O. The average Bonchev–Trinajstić information content (AvgIpc) is 2.25. The minimum atomic E-state index is -0.635. The molecule has 1 aliphatic rings. The Morgan fingerprint density at radius 3 is 2.71 bits per heavy atom. The average molecular weight is 255 g/mol. The van der Waals surface area contributed by atoms with Gasteiger partial charge >= 0.3 is 0 Å². The molecule has 6 heteroatoms. The first-order valence-electron chi connectivity index (χ1n) is 5.10. The molecule has 0 aromatic heterocycles. The Balaban J connectivity index is 2.54. The minimum absolute atomic E-state index is 0.0129. The van der Waals surface area contributed by atoms with Gasteiger partial charge in [0, 0.05) is 29.3 Å². The molecule has 0 spiro atoms. The number of rotatable bonds is 1. The summed E-state index contributed by atoms with van der Waals surface area (Å²) in [6.07, 6.45) is 0.450. The van der Waals surface area contributed by atoms with Crippen molar-refractivity contribution in [2.75, 3.05) is 4.42 Å². The monoisotopic (exact) mass is 254 g/mol. The van der Waals surface area contributed by atoms with Crippen molar-refractivity contribution in [3.05, 3.63) is 33.9 Å². The van der Waals surface area contributed by atoms with Crippen LogP contribution >= 0.6 is 11.8 Å². The number of benzene rings is 1. The number of nitro benzene ring substituents is 1. The van der Waals surface area contributed by atoms with Gasteiger partial charge in [0.1, 0.15) is 0 Å². The van der Waals surface area contributed by atoms with Gasteiger partial charge in [0.25, 0.3) is 5.69 Å². The highest BCUT2D eigenvalue weighted by Crippen LogP contribution is 2.39. The standard InChI is InChI=1S/C11H11ClN2O3/c1-11(2)6-7-5-8(14(16)17)3-4-9(7)13(12)10(11)15/h3-5H,6H2,1-2H3. The van der Waals surface area contributed by atoms with Crippen molar-refractivity contribution in [2.24, 2.45) is 5.41 Å². The Morgan fingerprint density at radius 1 is 1.47 bits per heavy atom. The number of non-ortho nitro benzene ring substituents is 1. The third kappa shape index (κ3) is 1.86. The van der Waals surface area contributed by atoms with Crippen molar-refractivity contribution in [1.29, 1.82) is 0 Å². The number of fused-ring (bicyclic) bond motifs is 1. The Hall–Kier alpha value is -1.62. The number of hydrogen-bond acceptors (Lipinski definition) is 3. The molecule has 0 bridgehead atoms. The lowest BCUT2D eigenvalue weighted by Gasteiger charge is -2.34. The molecule has 0 unspecified atom stereocenters. The first kappa shape index (κ1) is 11.9. The highest BCUT2D eigenvalue weighted by molar-refractivity contribution is 6.38. The van der Waals surface area contributed by atoms with Gasteiger partial charge in [-0.15, -0.1) is 0 Å².